The average molecular weight is 352 g/mol. The second-order valence-corrected chi connectivity index (χ2v) is 5.89. The SMILES string of the molecule is Cc1cccc(C(O)c2cc3cccc(Cl)c3o2)c1Br. The van der Waals surface area contributed by atoms with Gasteiger partial charge in [-0.3, -0.25) is 0 Å². The van der Waals surface area contributed by atoms with Crippen LogP contribution in [-0.4, -0.2) is 5.11 Å². The maximum Gasteiger partial charge on any atom is 0.153 e. The number of benzene rings is 2. The summed E-state index contributed by atoms with van der Waals surface area (Å²) in [6, 6.07) is 13.1. The third-order valence-electron chi connectivity index (χ3n) is 3.30. The molecule has 3 rings (SSSR count). The molecule has 0 saturated heterocycles. The zero-order chi connectivity index (χ0) is 14.3. The fourth-order valence-corrected chi connectivity index (χ4v) is 2.92. The van der Waals surface area contributed by atoms with Crippen molar-refractivity contribution in [3.05, 3.63) is 68.8 Å². The molecule has 3 aromatic rings. The van der Waals surface area contributed by atoms with E-state index in [0.29, 0.717) is 16.4 Å². The summed E-state index contributed by atoms with van der Waals surface area (Å²) < 4.78 is 6.60. The molecular formula is C16H12BrClO2. The summed E-state index contributed by atoms with van der Waals surface area (Å²) in [7, 11) is 0. The standard InChI is InChI=1S/C16H12BrClO2/c1-9-4-2-6-11(14(9)17)15(19)13-8-10-5-3-7-12(18)16(10)20-13/h2-8,15,19H,1H3. The first-order valence-electron chi connectivity index (χ1n) is 6.19. The summed E-state index contributed by atoms with van der Waals surface area (Å²) in [5.74, 6) is 0.486. The van der Waals surface area contributed by atoms with E-state index < -0.39 is 6.10 Å². The smallest absolute Gasteiger partial charge is 0.153 e. The molecule has 0 bridgehead atoms. The number of hydrogen-bond donors (Lipinski definition) is 1. The van der Waals surface area contributed by atoms with Gasteiger partial charge in [-0.25, -0.2) is 0 Å². The van der Waals surface area contributed by atoms with E-state index in [1.165, 1.54) is 0 Å². The molecule has 20 heavy (non-hydrogen) atoms. The molecule has 0 aliphatic heterocycles. The fraction of sp³-hybridized carbons (Fsp3) is 0.125. The zero-order valence-electron chi connectivity index (χ0n) is 10.7. The molecule has 1 atom stereocenters. The molecule has 4 heteroatoms. The summed E-state index contributed by atoms with van der Waals surface area (Å²) in [5, 5.41) is 12.0. The molecule has 2 aromatic carbocycles. The van der Waals surface area contributed by atoms with Crippen LogP contribution in [0.15, 0.2) is 51.4 Å². The molecule has 0 spiro atoms. The lowest BCUT2D eigenvalue weighted by Gasteiger charge is -2.11. The number of aliphatic hydroxyl groups is 1. The topological polar surface area (TPSA) is 33.4 Å². The maximum atomic E-state index is 10.5. The van der Waals surface area contributed by atoms with Crippen LogP contribution in [0.5, 0.6) is 0 Å². The second kappa shape index (κ2) is 5.24. The molecule has 1 aromatic heterocycles. The van der Waals surface area contributed by atoms with E-state index in [4.69, 9.17) is 16.0 Å². The molecule has 1 unspecified atom stereocenters. The van der Waals surface area contributed by atoms with Crippen LogP contribution >= 0.6 is 27.5 Å². The van der Waals surface area contributed by atoms with E-state index in [0.717, 1.165) is 21.0 Å². The summed E-state index contributed by atoms with van der Waals surface area (Å²) in [6.07, 6.45) is -0.826. The third-order valence-corrected chi connectivity index (χ3v) is 4.68. The normalized spacial score (nSPS) is 12.8. The van der Waals surface area contributed by atoms with E-state index in [2.05, 4.69) is 15.9 Å². The maximum absolute atomic E-state index is 10.5. The van der Waals surface area contributed by atoms with Crippen molar-refractivity contribution in [2.24, 2.45) is 0 Å². The Morgan fingerprint density at radius 2 is 1.95 bits per heavy atom. The molecule has 2 nitrogen and oxygen atoms in total. The van der Waals surface area contributed by atoms with Gasteiger partial charge in [0.1, 0.15) is 11.9 Å². The molecule has 102 valence electrons. The van der Waals surface area contributed by atoms with Gasteiger partial charge < -0.3 is 9.52 Å². The zero-order valence-corrected chi connectivity index (χ0v) is 13.1. The first kappa shape index (κ1) is 13.7. The highest BCUT2D eigenvalue weighted by molar-refractivity contribution is 9.10. The molecule has 0 saturated carbocycles. The third kappa shape index (κ3) is 2.26. The monoisotopic (exact) mass is 350 g/mol. The largest absolute Gasteiger partial charge is 0.456 e. The molecular weight excluding hydrogens is 340 g/mol. The Balaban J connectivity index is 2.10. The Kier molecular flexibility index (Phi) is 3.59. The van der Waals surface area contributed by atoms with Gasteiger partial charge in [-0.15, -0.1) is 0 Å². The Hall–Kier alpha value is -1.29. The van der Waals surface area contributed by atoms with Gasteiger partial charge >= 0.3 is 0 Å². The van der Waals surface area contributed by atoms with Crippen molar-refractivity contribution in [3.8, 4) is 0 Å². The molecule has 0 aliphatic carbocycles. The van der Waals surface area contributed by atoms with E-state index in [1.54, 1.807) is 6.07 Å². The fourth-order valence-electron chi connectivity index (χ4n) is 2.22. The van der Waals surface area contributed by atoms with Crippen LogP contribution in [0.2, 0.25) is 5.02 Å². The van der Waals surface area contributed by atoms with Crippen molar-refractivity contribution >= 4 is 38.5 Å². The number of halogens is 2. The van der Waals surface area contributed by atoms with Crippen LogP contribution in [0, 0.1) is 6.92 Å². The van der Waals surface area contributed by atoms with Crippen LogP contribution in [0.1, 0.15) is 23.0 Å². The quantitative estimate of drug-likeness (QED) is 0.685. The highest BCUT2D eigenvalue weighted by Gasteiger charge is 2.19. The number of furan rings is 1. The van der Waals surface area contributed by atoms with E-state index in [9.17, 15) is 5.11 Å². The Labute approximate surface area is 130 Å². The van der Waals surface area contributed by atoms with Gasteiger partial charge in [0.25, 0.3) is 0 Å². The van der Waals surface area contributed by atoms with E-state index >= 15 is 0 Å². The number of rotatable bonds is 2. The van der Waals surface area contributed by atoms with E-state index in [1.807, 2.05) is 43.3 Å². The minimum atomic E-state index is -0.826. The van der Waals surface area contributed by atoms with Crippen LogP contribution in [0.3, 0.4) is 0 Å². The molecule has 0 fully saturated rings. The summed E-state index contributed by atoms with van der Waals surface area (Å²) in [5.41, 5.74) is 2.45. The summed E-state index contributed by atoms with van der Waals surface area (Å²) in [4.78, 5) is 0. The number of fused-ring (bicyclic) bond motifs is 1. The highest BCUT2D eigenvalue weighted by Crippen LogP contribution is 2.35. The van der Waals surface area contributed by atoms with Crippen LogP contribution < -0.4 is 0 Å². The average Bonchev–Trinajstić information content (AvgIpc) is 2.87. The number of aliphatic hydroxyl groups excluding tert-OH is 1. The van der Waals surface area contributed by atoms with Gasteiger partial charge in [-0.05, 0) is 24.6 Å². The van der Waals surface area contributed by atoms with Crippen molar-refractivity contribution in [2.75, 3.05) is 0 Å². The summed E-state index contributed by atoms with van der Waals surface area (Å²) in [6.45, 7) is 1.98. The van der Waals surface area contributed by atoms with Gasteiger partial charge in [0.2, 0.25) is 0 Å². The Bertz CT molecular complexity index is 779. The number of para-hydroxylation sites is 1. The molecule has 0 aliphatic rings. The van der Waals surface area contributed by atoms with Crippen molar-refractivity contribution < 1.29 is 9.52 Å². The molecule has 0 amide bonds. The van der Waals surface area contributed by atoms with Gasteiger partial charge in [0.15, 0.2) is 5.58 Å². The van der Waals surface area contributed by atoms with Gasteiger partial charge in [-0.1, -0.05) is 57.9 Å². The summed E-state index contributed by atoms with van der Waals surface area (Å²) >= 11 is 9.60. The van der Waals surface area contributed by atoms with Crippen molar-refractivity contribution in [2.45, 2.75) is 13.0 Å². The number of hydrogen-bond acceptors (Lipinski definition) is 2. The molecule has 1 N–H and O–H groups in total. The Morgan fingerprint density at radius 1 is 1.20 bits per heavy atom. The van der Waals surface area contributed by atoms with Crippen LogP contribution in [-0.2, 0) is 0 Å². The Morgan fingerprint density at radius 3 is 2.70 bits per heavy atom. The highest BCUT2D eigenvalue weighted by atomic mass is 79.9. The predicted octanol–water partition coefficient (Wildman–Crippen LogP) is 5.24. The lowest BCUT2D eigenvalue weighted by Crippen LogP contribution is -1.99. The molecule has 0 radical (unpaired) electrons. The number of aryl methyl sites for hydroxylation is 1. The van der Waals surface area contributed by atoms with Gasteiger partial charge in [0, 0.05) is 15.4 Å². The van der Waals surface area contributed by atoms with Gasteiger partial charge in [0.05, 0.1) is 5.02 Å². The first-order valence-corrected chi connectivity index (χ1v) is 7.36. The van der Waals surface area contributed by atoms with Crippen molar-refractivity contribution in [1.82, 2.24) is 0 Å². The minimum Gasteiger partial charge on any atom is -0.456 e. The lowest BCUT2D eigenvalue weighted by atomic mass is 10.0. The second-order valence-electron chi connectivity index (χ2n) is 4.69. The van der Waals surface area contributed by atoms with Crippen molar-refractivity contribution in [3.63, 3.8) is 0 Å². The minimum absolute atomic E-state index is 0.486. The van der Waals surface area contributed by atoms with Crippen LogP contribution in [0.25, 0.3) is 11.0 Å². The van der Waals surface area contributed by atoms with Crippen LogP contribution in [0.4, 0.5) is 0 Å². The van der Waals surface area contributed by atoms with Crippen molar-refractivity contribution in [1.29, 1.82) is 0 Å². The predicted molar refractivity (Wildman–Crippen MR) is 84.2 cm³/mol. The lowest BCUT2D eigenvalue weighted by molar-refractivity contribution is 0.191. The van der Waals surface area contributed by atoms with Gasteiger partial charge in [-0.2, -0.15) is 0 Å². The van der Waals surface area contributed by atoms with E-state index in [-0.39, 0.29) is 0 Å². The molecule has 1 heterocycles. The first-order chi connectivity index (χ1) is 9.58.